The lowest BCUT2D eigenvalue weighted by Gasteiger charge is -2.04. The van der Waals surface area contributed by atoms with Crippen molar-refractivity contribution in [2.45, 2.75) is 0 Å². The Kier molecular flexibility index (Phi) is 5.16. The van der Waals surface area contributed by atoms with E-state index in [1.807, 2.05) is 30.3 Å². The van der Waals surface area contributed by atoms with Crippen molar-refractivity contribution in [3.63, 3.8) is 0 Å². The molecule has 2 aromatic carbocycles. The summed E-state index contributed by atoms with van der Waals surface area (Å²) in [7, 11) is 1.33. The lowest BCUT2D eigenvalue weighted by atomic mass is 10.1. The fraction of sp³-hybridized carbons (Fsp3) is 0.0526. The second-order valence-corrected chi connectivity index (χ2v) is 5.53. The van der Waals surface area contributed by atoms with E-state index >= 15 is 0 Å². The molecule has 0 bridgehead atoms. The molecule has 0 atom stereocenters. The third-order valence-electron chi connectivity index (χ3n) is 3.44. The number of nitrogens with zero attached hydrogens (tertiary/aromatic N) is 1. The molecule has 5 nitrogen and oxygen atoms in total. The van der Waals surface area contributed by atoms with E-state index < -0.39 is 5.97 Å². The van der Waals surface area contributed by atoms with Crippen molar-refractivity contribution in [3.8, 4) is 11.3 Å². The second kappa shape index (κ2) is 7.68. The Morgan fingerprint density at radius 3 is 2.72 bits per heavy atom. The average Bonchev–Trinajstić information content (AvgIpc) is 3.11. The van der Waals surface area contributed by atoms with E-state index in [9.17, 15) is 4.79 Å². The van der Waals surface area contributed by atoms with Crippen molar-refractivity contribution in [1.29, 1.82) is 0 Å². The van der Waals surface area contributed by atoms with Crippen LogP contribution in [0.5, 0.6) is 0 Å². The highest BCUT2D eigenvalue weighted by Gasteiger charge is 2.13. The number of furan rings is 1. The molecule has 0 amide bonds. The van der Waals surface area contributed by atoms with E-state index in [1.165, 1.54) is 7.11 Å². The quantitative estimate of drug-likeness (QED) is 0.405. The Morgan fingerprint density at radius 1 is 1.16 bits per heavy atom. The van der Waals surface area contributed by atoms with E-state index in [2.05, 4.69) is 10.5 Å². The number of hydrazone groups is 1. The van der Waals surface area contributed by atoms with E-state index in [-0.39, 0.29) is 0 Å². The third kappa shape index (κ3) is 4.08. The van der Waals surface area contributed by atoms with Gasteiger partial charge in [-0.05, 0) is 42.5 Å². The Balaban J connectivity index is 1.78. The first-order valence-electron chi connectivity index (χ1n) is 7.49. The van der Waals surface area contributed by atoms with Gasteiger partial charge in [0, 0.05) is 5.56 Å². The summed E-state index contributed by atoms with van der Waals surface area (Å²) in [5.74, 6) is 0.660. The first-order chi connectivity index (χ1) is 12.2. The van der Waals surface area contributed by atoms with Gasteiger partial charge in [0.25, 0.3) is 0 Å². The maximum atomic E-state index is 11.7. The molecule has 0 saturated heterocycles. The largest absolute Gasteiger partial charge is 0.465 e. The van der Waals surface area contributed by atoms with Crippen LogP contribution in [0.2, 0.25) is 5.02 Å². The molecule has 0 radical (unpaired) electrons. The highest BCUT2D eigenvalue weighted by atomic mass is 35.5. The number of halogens is 1. The van der Waals surface area contributed by atoms with Crippen LogP contribution in [0.1, 0.15) is 16.1 Å². The molecule has 0 aliphatic heterocycles. The van der Waals surface area contributed by atoms with Crippen molar-refractivity contribution in [3.05, 3.63) is 77.0 Å². The van der Waals surface area contributed by atoms with Gasteiger partial charge in [-0.3, -0.25) is 5.43 Å². The van der Waals surface area contributed by atoms with Gasteiger partial charge in [0.1, 0.15) is 11.5 Å². The fourth-order valence-corrected chi connectivity index (χ4v) is 2.42. The molecular weight excluding hydrogens is 340 g/mol. The van der Waals surface area contributed by atoms with Gasteiger partial charge in [0.2, 0.25) is 0 Å². The fourth-order valence-electron chi connectivity index (χ4n) is 2.21. The molecule has 6 heteroatoms. The number of rotatable bonds is 5. The minimum Gasteiger partial charge on any atom is -0.465 e. The van der Waals surface area contributed by atoms with Crippen molar-refractivity contribution in [2.75, 3.05) is 12.5 Å². The summed E-state index contributed by atoms with van der Waals surface area (Å²) in [5, 5.41) is 4.60. The summed E-state index contributed by atoms with van der Waals surface area (Å²) in [6.07, 6.45) is 1.56. The normalized spacial score (nSPS) is 10.8. The van der Waals surface area contributed by atoms with Crippen LogP contribution < -0.4 is 5.43 Å². The average molecular weight is 355 g/mol. The number of ether oxygens (including phenoxy) is 1. The molecule has 1 N–H and O–H groups in total. The van der Waals surface area contributed by atoms with Gasteiger partial charge >= 0.3 is 5.97 Å². The number of carbonyl (C=O) groups excluding carboxylic acids is 1. The van der Waals surface area contributed by atoms with Crippen LogP contribution in [0.3, 0.4) is 0 Å². The smallest absolute Gasteiger partial charge is 0.337 e. The molecule has 0 aliphatic rings. The summed E-state index contributed by atoms with van der Waals surface area (Å²) < 4.78 is 10.5. The molecular formula is C19H15ClN2O3. The topological polar surface area (TPSA) is 63.8 Å². The van der Waals surface area contributed by atoms with Gasteiger partial charge in [-0.2, -0.15) is 5.10 Å². The standard InChI is InChI=1S/C19H15ClN2O3/c1-24-19(23)13-7-9-17(20)16(11-13)18-10-8-15(25-18)12-21-22-14-5-3-2-4-6-14/h2-12,22H,1H3/b21-12-. The maximum absolute atomic E-state index is 11.7. The number of carbonyl (C=O) groups is 1. The molecule has 0 saturated carbocycles. The summed E-state index contributed by atoms with van der Waals surface area (Å²) in [4.78, 5) is 11.7. The molecule has 0 fully saturated rings. The second-order valence-electron chi connectivity index (χ2n) is 5.12. The molecule has 1 heterocycles. The van der Waals surface area contributed by atoms with E-state index in [0.29, 0.717) is 27.7 Å². The zero-order chi connectivity index (χ0) is 17.6. The van der Waals surface area contributed by atoms with Crippen molar-refractivity contribution >= 4 is 29.5 Å². The van der Waals surface area contributed by atoms with Gasteiger partial charge < -0.3 is 9.15 Å². The van der Waals surface area contributed by atoms with Crippen molar-refractivity contribution in [1.82, 2.24) is 0 Å². The van der Waals surface area contributed by atoms with Crippen molar-refractivity contribution in [2.24, 2.45) is 5.10 Å². The van der Waals surface area contributed by atoms with Crippen LogP contribution in [0.4, 0.5) is 5.69 Å². The highest BCUT2D eigenvalue weighted by molar-refractivity contribution is 6.33. The minimum atomic E-state index is -0.432. The van der Waals surface area contributed by atoms with Crippen LogP contribution in [0, 0.1) is 0 Å². The third-order valence-corrected chi connectivity index (χ3v) is 3.77. The number of methoxy groups -OCH3 is 1. The van der Waals surface area contributed by atoms with Gasteiger partial charge in [-0.1, -0.05) is 29.8 Å². The van der Waals surface area contributed by atoms with Gasteiger partial charge in [0.15, 0.2) is 0 Å². The van der Waals surface area contributed by atoms with Gasteiger partial charge in [0.05, 0.1) is 29.6 Å². The zero-order valence-corrected chi connectivity index (χ0v) is 14.2. The zero-order valence-electron chi connectivity index (χ0n) is 13.4. The number of anilines is 1. The molecule has 1 aromatic heterocycles. The minimum absolute atomic E-state index is 0.402. The Morgan fingerprint density at radius 2 is 1.96 bits per heavy atom. The highest BCUT2D eigenvalue weighted by Crippen LogP contribution is 2.30. The summed E-state index contributed by atoms with van der Waals surface area (Å²) in [6.45, 7) is 0. The molecule has 126 valence electrons. The lowest BCUT2D eigenvalue weighted by Crippen LogP contribution is -2.01. The van der Waals surface area contributed by atoms with Crippen LogP contribution in [0.15, 0.2) is 70.2 Å². The summed E-state index contributed by atoms with van der Waals surface area (Å²) in [6, 6.07) is 18.0. The van der Waals surface area contributed by atoms with Crippen LogP contribution in [-0.2, 0) is 4.74 Å². The number of benzene rings is 2. The number of nitrogens with one attached hydrogen (secondary N) is 1. The van der Waals surface area contributed by atoms with E-state index in [0.717, 1.165) is 5.69 Å². The molecule has 0 spiro atoms. The first kappa shape index (κ1) is 16.8. The Bertz CT molecular complexity index is 904. The molecule has 25 heavy (non-hydrogen) atoms. The van der Waals surface area contributed by atoms with Gasteiger partial charge in [-0.15, -0.1) is 0 Å². The van der Waals surface area contributed by atoms with Crippen LogP contribution in [-0.4, -0.2) is 19.3 Å². The van der Waals surface area contributed by atoms with Crippen molar-refractivity contribution < 1.29 is 13.9 Å². The SMILES string of the molecule is COC(=O)c1ccc(Cl)c(-c2ccc(/C=N\Nc3ccccc3)o2)c1. The molecule has 3 aromatic rings. The first-order valence-corrected chi connectivity index (χ1v) is 7.87. The predicted molar refractivity (Wildman–Crippen MR) is 98.2 cm³/mol. The summed E-state index contributed by atoms with van der Waals surface area (Å²) >= 11 is 6.21. The van der Waals surface area contributed by atoms with Gasteiger partial charge in [-0.25, -0.2) is 4.79 Å². The number of esters is 1. The lowest BCUT2D eigenvalue weighted by molar-refractivity contribution is 0.0601. The molecule has 0 aliphatic carbocycles. The number of hydrogen-bond donors (Lipinski definition) is 1. The summed E-state index contributed by atoms with van der Waals surface area (Å²) in [5.41, 5.74) is 4.80. The Hall–Kier alpha value is -3.05. The maximum Gasteiger partial charge on any atom is 0.337 e. The number of para-hydroxylation sites is 1. The van der Waals surface area contributed by atoms with Crippen LogP contribution >= 0.6 is 11.6 Å². The van der Waals surface area contributed by atoms with Crippen LogP contribution in [0.25, 0.3) is 11.3 Å². The predicted octanol–water partition coefficient (Wildman–Crippen LogP) is 4.83. The number of hydrogen-bond acceptors (Lipinski definition) is 5. The molecule has 0 unspecified atom stereocenters. The van der Waals surface area contributed by atoms with E-state index in [4.69, 9.17) is 20.8 Å². The monoisotopic (exact) mass is 354 g/mol. The molecule has 3 rings (SSSR count). The van der Waals surface area contributed by atoms with E-state index in [1.54, 1.807) is 36.5 Å². The Labute approximate surface area is 149 Å².